The molecule has 0 saturated carbocycles. The third kappa shape index (κ3) is 4.37. The number of nitro groups is 1. The highest BCUT2D eigenvalue weighted by molar-refractivity contribution is 5.84. The summed E-state index contributed by atoms with van der Waals surface area (Å²) in [6.45, 7) is 0. The molecule has 2 aromatic rings. The molecule has 0 amide bonds. The number of rotatable bonds is 5. The molecule has 0 spiro atoms. The van der Waals surface area contributed by atoms with Crippen LogP contribution in [0.5, 0.6) is 11.5 Å². The van der Waals surface area contributed by atoms with Gasteiger partial charge >= 0.3 is 6.18 Å². The van der Waals surface area contributed by atoms with Crippen molar-refractivity contribution >= 4 is 17.6 Å². The summed E-state index contributed by atoms with van der Waals surface area (Å²) in [6, 6.07) is 6.36. The van der Waals surface area contributed by atoms with Crippen molar-refractivity contribution in [2.75, 3.05) is 12.5 Å². The Morgan fingerprint density at radius 3 is 2.60 bits per heavy atom. The number of nitro benzene ring substituents is 1. The first-order chi connectivity index (χ1) is 11.7. The molecule has 25 heavy (non-hydrogen) atoms. The first kappa shape index (κ1) is 18.0. The van der Waals surface area contributed by atoms with Crippen molar-refractivity contribution in [1.82, 2.24) is 0 Å². The van der Waals surface area contributed by atoms with Crippen LogP contribution in [-0.2, 0) is 6.18 Å². The lowest BCUT2D eigenvalue weighted by Gasteiger charge is -2.08. The number of halogens is 3. The quantitative estimate of drug-likeness (QED) is 0.483. The zero-order valence-electron chi connectivity index (χ0n) is 12.7. The highest BCUT2D eigenvalue weighted by atomic mass is 19.4. The van der Waals surface area contributed by atoms with Crippen LogP contribution in [0.3, 0.4) is 0 Å². The van der Waals surface area contributed by atoms with Gasteiger partial charge in [0.1, 0.15) is 17.2 Å². The number of anilines is 1. The van der Waals surface area contributed by atoms with Gasteiger partial charge in [-0.25, -0.2) is 0 Å². The molecule has 0 radical (unpaired) electrons. The molecule has 2 N–H and O–H groups in total. The Labute approximate surface area is 139 Å². The van der Waals surface area contributed by atoms with Gasteiger partial charge in [0, 0.05) is 11.6 Å². The average Bonchev–Trinajstić information content (AvgIpc) is 2.55. The van der Waals surface area contributed by atoms with E-state index in [1.165, 1.54) is 25.3 Å². The number of hydrogen-bond acceptors (Lipinski definition) is 6. The van der Waals surface area contributed by atoms with Crippen molar-refractivity contribution in [3.63, 3.8) is 0 Å². The molecule has 0 aliphatic rings. The third-order valence-corrected chi connectivity index (χ3v) is 3.15. The van der Waals surface area contributed by atoms with E-state index in [-0.39, 0.29) is 17.0 Å². The number of hydrazone groups is 1. The number of benzene rings is 2. The van der Waals surface area contributed by atoms with Gasteiger partial charge in [-0.3, -0.25) is 15.5 Å². The largest absolute Gasteiger partial charge is 0.507 e. The van der Waals surface area contributed by atoms with Gasteiger partial charge in [-0.1, -0.05) is 0 Å². The van der Waals surface area contributed by atoms with Gasteiger partial charge in [0.05, 0.1) is 23.8 Å². The van der Waals surface area contributed by atoms with Crippen LogP contribution < -0.4 is 10.2 Å². The van der Waals surface area contributed by atoms with E-state index in [9.17, 15) is 28.4 Å². The standard InChI is InChI=1S/C15H12F3N3O4/c1-25-11-3-5-14(22)9(6-11)8-19-20-12-4-2-10(15(16,17)18)7-13(12)21(23)24/h2-8,20,22H,1H3. The van der Waals surface area contributed by atoms with Crippen LogP contribution in [0, 0.1) is 10.1 Å². The second-order valence-electron chi connectivity index (χ2n) is 4.78. The van der Waals surface area contributed by atoms with Gasteiger partial charge < -0.3 is 9.84 Å². The summed E-state index contributed by atoms with van der Waals surface area (Å²) in [7, 11) is 1.43. The maximum absolute atomic E-state index is 12.6. The SMILES string of the molecule is COc1ccc(O)c(C=NNc2ccc(C(F)(F)F)cc2[N+](=O)[O-])c1. The first-order valence-electron chi connectivity index (χ1n) is 6.74. The van der Waals surface area contributed by atoms with Crippen LogP contribution in [0.25, 0.3) is 0 Å². The number of alkyl halides is 3. The van der Waals surface area contributed by atoms with Crippen molar-refractivity contribution in [2.45, 2.75) is 6.18 Å². The van der Waals surface area contributed by atoms with Crippen molar-refractivity contribution in [1.29, 1.82) is 0 Å². The molecule has 0 atom stereocenters. The fraction of sp³-hybridized carbons (Fsp3) is 0.133. The highest BCUT2D eigenvalue weighted by Gasteiger charge is 2.33. The van der Waals surface area contributed by atoms with E-state index in [0.29, 0.717) is 17.9 Å². The predicted octanol–water partition coefficient (Wildman–Crippen LogP) is 3.77. The lowest BCUT2D eigenvalue weighted by molar-refractivity contribution is -0.384. The fourth-order valence-electron chi connectivity index (χ4n) is 1.89. The number of methoxy groups -OCH3 is 1. The maximum atomic E-state index is 12.6. The Morgan fingerprint density at radius 1 is 1.28 bits per heavy atom. The number of nitrogens with zero attached hydrogens (tertiary/aromatic N) is 2. The first-order valence-corrected chi connectivity index (χ1v) is 6.74. The van der Waals surface area contributed by atoms with Crippen LogP contribution in [0.1, 0.15) is 11.1 Å². The summed E-state index contributed by atoms with van der Waals surface area (Å²) >= 11 is 0. The van der Waals surface area contributed by atoms with E-state index >= 15 is 0 Å². The van der Waals surface area contributed by atoms with Crippen molar-refractivity contribution < 1.29 is 27.9 Å². The Bertz CT molecular complexity index is 822. The van der Waals surface area contributed by atoms with Gasteiger partial charge in [0.25, 0.3) is 5.69 Å². The number of phenols is 1. The monoisotopic (exact) mass is 355 g/mol. The fourth-order valence-corrected chi connectivity index (χ4v) is 1.89. The van der Waals surface area contributed by atoms with Crippen LogP contribution in [0.4, 0.5) is 24.5 Å². The van der Waals surface area contributed by atoms with Gasteiger partial charge in [-0.05, 0) is 30.3 Å². The molecule has 0 aliphatic carbocycles. The average molecular weight is 355 g/mol. The summed E-state index contributed by atoms with van der Waals surface area (Å²) < 4.78 is 42.9. The summed E-state index contributed by atoms with van der Waals surface area (Å²) in [5.41, 5.74) is 0.405. The summed E-state index contributed by atoms with van der Waals surface area (Å²) in [6.07, 6.45) is -3.54. The molecule has 2 aromatic carbocycles. The molecule has 132 valence electrons. The minimum absolute atomic E-state index is 0.117. The normalized spacial score (nSPS) is 11.5. The molecule has 2 rings (SSSR count). The maximum Gasteiger partial charge on any atom is 0.416 e. The zero-order chi connectivity index (χ0) is 18.6. The molecular weight excluding hydrogens is 343 g/mol. The third-order valence-electron chi connectivity index (χ3n) is 3.15. The van der Waals surface area contributed by atoms with Crippen LogP contribution in [0.2, 0.25) is 0 Å². The Kier molecular flexibility index (Phi) is 5.11. The number of ether oxygens (including phenoxy) is 1. The lowest BCUT2D eigenvalue weighted by atomic mass is 10.1. The molecule has 0 fully saturated rings. The molecule has 0 saturated heterocycles. The van der Waals surface area contributed by atoms with Gasteiger partial charge in [-0.15, -0.1) is 0 Å². The van der Waals surface area contributed by atoms with Gasteiger partial charge in [-0.2, -0.15) is 18.3 Å². The Balaban J connectivity index is 2.27. The lowest BCUT2D eigenvalue weighted by Crippen LogP contribution is -2.06. The molecule has 0 aliphatic heterocycles. The predicted molar refractivity (Wildman–Crippen MR) is 84.0 cm³/mol. The Hall–Kier alpha value is -3.30. The number of nitrogens with one attached hydrogen (secondary N) is 1. The number of hydrogen-bond donors (Lipinski definition) is 2. The highest BCUT2D eigenvalue weighted by Crippen LogP contribution is 2.35. The van der Waals surface area contributed by atoms with Crippen molar-refractivity contribution in [3.8, 4) is 11.5 Å². The van der Waals surface area contributed by atoms with E-state index in [0.717, 1.165) is 12.3 Å². The summed E-state index contributed by atoms with van der Waals surface area (Å²) in [5, 5.41) is 24.4. The second kappa shape index (κ2) is 7.07. The van der Waals surface area contributed by atoms with E-state index in [1.807, 2.05) is 0 Å². The second-order valence-corrected chi connectivity index (χ2v) is 4.78. The number of aromatic hydroxyl groups is 1. The smallest absolute Gasteiger partial charge is 0.416 e. The van der Waals surface area contributed by atoms with E-state index < -0.39 is 22.4 Å². The van der Waals surface area contributed by atoms with E-state index in [1.54, 1.807) is 0 Å². The summed E-state index contributed by atoms with van der Waals surface area (Å²) in [4.78, 5) is 10.0. The Morgan fingerprint density at radius 2 is 2.00 bits per heavy atom. The molecule has 0 aromatic heterocycles. The number of phenolic OH excluding ortho intramolecular Hbond substituents is 1. The topological polar surface area (TPSA) is 97.0 Å². The molecular formula is C15H12F3N3O4. The molecule has 0 bridgehead atoms. The minimum atomic E-state index is -4.70. The van der Waals surface area contributed by atoms with E-state index in [4.69, 9.17) is 4.74 Å². The van der Waals surface area contributed by atoms with Crippen LogP contribution >= 0.6 is 0 Å². The van der Waals surface area contributed by atoms with Gasteiger partial charge in [0.15, 0.2) is 0 Å². The zero-order valence-corrected chi connectivity index (χ0v) is 12.7. The molecule has 0 unspecified atom stereocenters. The minimum Gasteiger partial charge on any atom is -0.507 e. The summed E-state index contributed by atoms with van der Waals surface area (Å²) in [5.74, 6) is 0.327. The molecule has 0 heterocycles. The van der Waals surface area contributed by atoms with Crippen molar-refractivity contribution in [3.05, 3.63) is 57.6 Å². The molecule has 7 nitrogen and oxygen atoms in total. The molecule has 10 heteroatoms. The van der Waals surface area contributed by atoms with Crippen LogP contribution in [-0.4, -0.2) is 23.4 Å². The van der Waals surface area contributed by atoms with Crippen LogP contribution in [0.15, 0.2) is 41.5 Å². The van der Waals surface area contributed by atoms with Gasteiger partial charge in [0.2, 0.25) is 0 Å². The van der Waals surface area contributed by atoms with E-state index in [2.05, 4.69) is 10.5 Å². The van der Waals surface area contributed by atoms with Crippen molar-refractivity contribution in [2.24, 2.45) is 5.10 Å².